The average Bonchev–Trinajstić information content (AvgIpc) is 3.11. The molecule has 0 aromatic heterocycles. The molecule has 1 heterocycles. The molecule has 1 N–H and O–H groups in total. The zero-order valence-corrected chi connectivity index (χ0v) is 16.2. The quantitative estimate of drug-likeness (QED) is 0.570. The Labute approximate surface area is 168 Å². The van der Waals surface area contributed by atoms with E-state index in [-0.39, 0.29) is 54.4 Å². The first-order chi connectivity index (χ1) is 14.0. The van der Waals surface area contributed by atoms with Gasteiger partial charge in [-0.05, 0) is 36.6 Å². The number of ether oxygens (including phenoxy) is 2. The van der Waals surface area contributed by atoms with E-state index in [1.807, 2.05) is 30.3 Å². The van der Waals surface area contributed by atoms with E-state index >= 15 is 0 Å². The lowest BCUT2D eigenvalue weighted by Crippen LogP contribution is -2.39. The highest BCUT2D eigenvalue weighted by Crippen LogP contribution is 2.29. The molecule has 0 aliphatic carbocycles. The van der Waals surface area contributed by atoms with Gasteiger partial charge in [-0.2, -0.15) is 0 Å². The van der Waals surface area contributed by atoms with E-state index in [2.05, 4.69) is 0 Å². The minimum absolute atomic E-state index is 0.114. The number of phenols is 1. The number of hydrogen-bond acceptors (Lipinski definition) is 6. The molecule has 2 amide bonds. The minimum atomic E-state index is -0.492. The van der Waals surface area contributed by atoms with Gasteiger partial charge in [0.1, 0.15) is 6.61 Å². The van der Waals surface area contributed by atoms with Crippen LogP contribution < -0.4 is 4.74 Å². The van der Waals surface area contributed by atoms with Crippen LogP contribution in [-0.4, -0.2) is 40.9 Å². The van der Waals surface area contributed by atoms with Crippen molar-refractivity contribution in [2.24, 2.45) is 0 Å². The number of phenolic OH excluding ortho intramolecular Hbond substituents is 1. The lowest BCUT2D eigenvalue weighted by Gasteiger charge is -2.23. The first-order valence-electron chi connectivity index (χ1n) is 9.42. The SMILES string of the molecule is COc1ccc(C(=O)N2C(=O)CCC2CCC(=O)OCc2ccccc2)cc1O. The number of rotatable bonds is 7. The first-order valence-corrected chi connectivity index (χ1v) is 9.42. The largest absolute Gasteiger partial charge is 0.504 e. The topological polar surface area (TPSA) is 93.1 Å². The molecule has 7 nitrogen and oxygen atoms in total. The van der Waals surface area contributed by atoms with Crippen molar-refractivity contribution < 1.29 is 29.0 Å². The van der Waals surface area contributed by atoms with Crippen LogP contribution in [-0.2, 0) is 20.9 Å². The Bertz CT molecular complexity index is 895. The zero-order chi connectivity index (χ0) is 20.8. The van der Waals surface area contributed by atoms with Crippen LogP contribution >= 0.6 is 0 Å². The molecule has 2 aromatic carbocycles. The van der Waals surface area contributed by atoms with E-state index in [1.165, 1.54) is 30.2 Å². The monoisotopic (exact) mass is 397 g/mol. The molecule has 1 aliphatic heterocycles. The van der Waals surface area contributed by atoms with Crippen molar-refractivity contribution in [3.63, 3.8) is 0 Å². The molecule has 7 heteroatoms. The molecule has 0 bridgehead atoms. The van der Waals surface area contributed by atoms with E-state index in [0.717, 1.165) is 5.56 Å². The van der Waals surface area contributed by atoms with E-state index in [9.17, 15) is 19.5 Å². The molecule has 1 unspecified atom stereocenters. The molecular formula is C22H23NO6. The highest BCUT2D eigenvalue weighted by atomic mass is 16.5. The third kappa shape index (κ3) is 4.93. The lowest BCUT2D eigenvalue weighted by atomic mass is 10.1. The van der Waals surface area contributed by atoms with Gasteiger partial charge < -0.3 is 14.6 Å². The maximum Gasteiger partial charge on any atom is 0.306 e. The number of aromatic hydroxyl groups is 1. The summed E-state index contributed by atoms with van der Waals surface area (Å²) in [5.74, 6) is -1.08. The molecule has 1 saturated heterocycles. The number of likely N-dealkylation sites (tertiary alicyclic amines) is 1. The van der Waals surface area contributed by atoms with Gasteiger partial charge in [-0.3, -0.25) is 19.3 Å². The Morgan fingerprint density at radius 1 is 1.17 bits per heavy atom. The van der Waals surface area contributed by atoms with Crippen LogP contribution in [0.15, 0.2) is 48.5 Å². The number of carbonyl (C=O) groups is 3. The van der Waals surface area contributed by atoms with Crippen LogP contribution in [0.1, 0.15) is 41.6 Å². The third-order valence-corrected chi connectivity index (χ3v) is 4.89. The zero-order valence-electron chi connectivity index (χ0n) is 16.2. The lowest BCUT2D eigenvalue weighted by molar-refractivity contribution is -0.145. The second-order valence-corrected chi connectivity index (χ2v) is 6.83. The van der Waals surface area contributed by atoms with Crippen LogP contribution in [0.4, 0.5) is 0 Å². The summed E-state index contributed by atoms with van der Waals surface area (Å²) in [5.41, 5.74) is 1.09. The van der Waals surface area contributed by atoms with Gasteiger partial charge in [0.05, 0.1) is 7.11 Å². The summed E-state index contributed by atoms with van der Waals surface area (Å²) in [6.07, 6.45) is 1.20. The third-order valence-electron chi connectivity index (χ3n) is 4.89. The van der Waals surface area contributed by atoms with E-state index in [1.54, 1.807) is 0 Å². The standard InChI is InChI=1S/C22H23NO6/c1-28-19-10-7-16(13-18(19)24)22(27)23-17(8-11-20(23)25)9-12-21(26)29-14-15-5-3-2-4-6-15/h2-7,10,13,17,24H,8-9,11-12,14H2,1H3. The van der Waals surface area contributed by atoms with E-state index in [4.69, 9.17) is 9.47 Å². The molecule has 29 heavy (non-hydrogen) atoms. The van der Waals surface area contributed by atoms with Crippen molar-refractivity contribution in [3.05, 3.63) is 59.7 Å². The molecule has 0 radical (unpaired) electrons. The molecule has 1 aliphatic rings. The van der Waals surface area contributed by atoms with Gasteiger partial charge in [0.25, 0.3) is 5.91 Å². The fraction of sp³-hybridized carbons (Fsp3) is 0.318. The van der Waals surface area contributed by atoms with Gasteiger partial charge in [-0.25, -0.2) is 0 Å². The number of methoxy groups -OCH3 is 1. The van der Waals surface area contributed by atoms with Gasteiger partial charge in [-0.15, -0.1) is 0 Å². The summed E-state index contributed by atoms with van der Waals surface area (Å²) in [6.45, 7) is 0.192. The predicted octanol–water partition coefficient (Wildman–Crippen LogP) is 3.06. The van der Waals surface area contributed by atoms with Crippen LogP contribution in [0.5, 0.6) is 11.5 Å². The number of benzene rings is 2. The summed E-state index contributed by atoms with van der Waals surface area (Å²) >= 11 is 0. The molecule has 2 aromatic rings. The summed E-state index contributed by atoms with van der Waals surface area (Å²) in [4.78, 5) is 38.3. The van der Waals surface area contributed by atoms with Gasteiger partial charge in [-0.1, -0.05) is 30.3 Å². The Morgan fingerprint density at radius 3 is 2.62 bits per heavy atom. The molecule has 3 rings (SSSR count). The normalized spacial score (nSPS) is 16.0. The highest BCUT2D eigenvalue weighted by Gasteiger charge is 2.36. The fourth-order valence-corrected chi connectivity index (χ4v) is 3.35. The molecule has 152 valence electrons. The summed E-state index contributed by atoms with van der Waals surface area (Å²) in [5, 5.41) is 9.90. The maximum atomic E-state index is 12.8. The average molecular weight is 397 g/mol. The van der Waals surface area contributed by atoms with Crippen LogP contribution in [0.25, 0.3) is 0 Å². The van der Waals surface area contributed by atoms with Gasteiger partial charge >= 0.3 is 5.97 Å². The van der Waals surface area contributed by atoms with Crippen LogP contribution in [0.3, 0.4) is 0 Å². The van der Waals surface area contributed by atoms with Crippen LogP contribution in [0, 0.1) is 0 Å². The second-order valence-electron chi connectivity index (χ2n) is 6.83. The smallest absolute Gasteiger partial charge is 0.306 e. The summed E-state index contributed by atoms with van der Waals surface area (Å²) in [6, 6.07) is 13.2. The molecule has 0 spiro atoms. The number of amides is 2. The minimum Gasteiger partial charge on any atom is -0.504 e. The Balaban J connectivity index is 1.59. The number of nitrogens with zero attached hydrogens (tertiary/aromatic N) is 1. The maximum absolute atomic E-state index is 12.8. The van der Waals surface area contributed by atoms with Crippen molar-refractivity contribution >= 4 is 17.8 Å². The number of esters is 1. The van der Waals surface area contributed by atoms with Gasteiger partial charge in [0.15, 0.2) is 11.5 Å². The Hall–Kier alpha value is -3.35. The van der Waals surface area contributed by atoms with E-state index in [0.29, 0.717) is 12.8 Å². The van der Waals surface area contributed by atoms with Crippen molar-refractivity contribution in [3.8, 4) is 11.5 Å². The fourth-order valence-electron chi connectivity index (χ4n) is 3.35. The first kappa shape index (κ1) is 20.4. The van der Waals surface area contributed by atoms with Gasteiger partial charge in [0.2, 0.25) is 5.91 Å². The number of hydrogen-bond donors (Lipinski definition) is 1. The molecule has 1 atom stereocenters. The number of imide groups is 1. The summed E-state index contributed by atoms with van der Waals surface area (Å²) in [7, 11) is 1.41. The second kappa shape index (κ2) is 9.23. The van der Waals surface area contributed by atoms with Crippen molar-refractivity contribution in [2.45, 2.75) is 38.3 Å². The van der Waals surface area contributed by atoms with Crippen molar-refractivity contribution in [1.29, 1.82) is 0 Å². The Kier molecular flexibility index (Phi) is 6.49. The van der Waals surface area contributed by atoms with Gasteiger partial charge in [0, 0.05) is 24.4 Å². The van der Waals surface area contributed by atoms with Crippen LogP contribution in [0.2, 0.25) is 0 Å². The number of carbonyl (C=O) groups excluding carboxylic acids is 3. The van der Waals surface area contributed by atoms with Crippen molar-refractivity contribution in [1.82, 2.24) is 4.90 Å². The molecule has 1 fully saturated rings. The predicted molar refractivity (Wildman–Crippen MR) is 104 cm³/mol. The summed E-state index contributed by atoms with van der Waals surface area (Å²) < 4.78 is 10.2. The Morgan fingerprint density at radius 2 is 1.93 bits per heavy atom. The van der Waals surface area contributed by atoms with E-state index < -0.39 is 5.91 Å². The highest BCUT2D eigenvalue weighted by molar-refractivity contribution is 6.06. The van der Waals surface area contributed by atoms with Crippen molar-refractivity contribution in [2.75, 3.05) is 7.11 Å². The molecular weight excluding hydrogens is 374 g/mol. The molecule has 0 saturated carbocycles.